The van der Waals surface area contributed by atoms with Gasteiger partial charge in [-0.25, -0.2) is 0 Å². The third kappa shape index (κ3) is 4.45. The lowest BCUT2D eigenvalue weighted by atomic mass is 9.88. The van der Waals surface area contributed by atoms with E-state index < -0.39 is 16.1 Å². The molecule has 0 nitrogen and oxygen atoms in total. The Hall–Kier alpha value is -2.17. The van der Waals surface area contributed by atoms with Crippen molar-refractivity contribution in [3.63, 3.8) is 0 Å². The molecule has 0 bridgehead atoms. The summed E-state index contributed by atoms with van der Waals surface area (Å²) in [7, 11) is -2.55. The molecular weight excluding hydrogens is 392 g/mol. The van der Waals surface area contributed by atoms with E-state index in [9.17, 15) is 0 Å². The van der Waals surface area contributed by atoms with Gasteiger partial charge in [-0.15, -0.1) is 0 Å². The first kappa shape index (κ1) is 21.1. The average molecular weight is 427 g/mol. The summed E-state index contributed by atoms with van der Waals surface area (Å²) in [4.78, 5) is 0. The molecule has 0 N–H and O–H groups in total. The third-order valence-corrected chi connectivity index (χ3v) is 8.61. The third-order valence-electron chi connectivity index (χ3n) is 5.72. The molecule has 0 atom stereocenters. The summed E-state index contributed by atoms with van der Waals surface area (Å²) in [5.74, 6) is 0. The van der Waals surface area contributed by atoms with Crippen LogP contribution in [-0.4, -0.2) is 16.1 Å². The predicted molar refractivity (Wildman–Crippen MR) is 141 cm³/mol. The van der Waals surface area contributed by atoms with Crippen molar-refractivity contribution in [2.24, 2.45) is 0 Å². The molecule has 0 aliphatic heterocycles. The molecule has 0 saturated heterocycles. The number of fused-ring (bicyclic) bond motifs is 2. The molecule has 0 saturated carbocycles. The molecule has 0 fully saturated rings. The average Bonchev–Trinajstić information content (AvgIpc) is 2.66. The largest absolute Gasteiger partial charge is 0.0693 e. The quantitative estimate of drug-likeness (QED) is 0.281. The summed E-state index contributed by atoms with van der Waals surface area (Å²) in [5.41, 5.74) is 6.03. The van der Waals surface area contributed by atoms with E-state index in [0.29, 0.717) is 0 Å². The van der Waals surface area contributed by atoms with E-state index in [4.69, 9.17) is 0 Å². The first-order valence-corrected chi connectivity index (χ1v) is 18.6. The van der Waals surface area contributed by atoms with E-state index in [1.165, 1.54) is 55.9 Å². The molecule has 0 aliphatic carbocycles. The highest BCUT2D eigenvalue weighted by atomic mass is 28.3. The summed E-state index contributed by atoms with van der Waals surface area (Å²) in [6, 6.07) is 29.8. The fourth-order valence-electron chi connectivity index (χ4n) is 4.66. The van der Waals surface area contributed by atoms with Gasteiger partial charge in [0.25, 0.3) is 0 Å². The van der Waals surface area contributed by atoms with Crippen LogP contribution in [0.25, 0.3) is 32.7 Å². The van der Waals surface area contributed by atoms with E-state index in [0.717, 1.165) is 0 Å². The van der Waals surface area contributed by atoms with Crippen molar-refractivity contribution >= 4 is 37.7 Å². The monoisotopic (exact) mass is 426 g/mol. The molecule has 0 amide bonds. The minimum absolute atomic E-state index is 1.21. The molecule has 0 spiro atoms. The smallest absolute Gasteiger partial charge is 0.0487 e. The molecule has 154 valence electrons. The Morgan fingerprint density at radius 3 is 1.20 bits per heavy atom. The molecular formula is C28H34Si2. The second kappa shape index (κ2) is 7.83. The van der Waals surface area contributed by atoms with Gasteiger partial charge in [0.15, 0.2) is 0 Å². The molecule has 0 aliphatic rings. The Labute approximate surface area is 184 Å². The lowest BCUT2D eigenvalue weighted by Crippen LogP contribution is -2.25. The van der Waals surface area contributed by atoms with Crippen LogP contribution in [0, 0.1) is 0 Å². The molecule has 4 rings (SSSR count). The van der Waals surface area contributed by atoms with Crippen molar-refractivity contribution < 1.29 is 0 Å². The van der Waals surface area contributed by atoms with Gasteiger partial charge in [-0.05, 0) is 55.9 Å². The second-order valence-corrected chi connectivity index (χ2v) is 22.1. The van der Waals surface area contributed by atoms with Crippen LogP contribution in [0.2, 0.25) is 39.3 Å². The van der Waals surface area contributed by atoms with Gasteiger partial charge in [0.05, 0.1) is 0 Å². The van der Waals surface area contributed by atoms with Crippen LogP contribution in [0.5, 0.6) is 0 Å². The van der Waals surface area contributed by atoms with Crippen LogP contribution in [0.4, 0.5) is 0 Å². The zero-order chi connectivity index (χ0) is 21.5. The summed E-state index contributed by atoms with van der Waals surface area (Å²) in [6.07, 6.45) is 0. The highest BCUT2D eigenvalue weighted by Crippen LogP contribution is 2.41. The van der Waals surface area contributed by atoms with Crippen molar-refractivity contribution in [1.82, 2.24) is 0 Å². The summed E-state index contributed by atoms with van der Waals surface area (Å²) in [5, 5.41) is 5.50. The van der Waals surface area contributed by atoms with E-state index >= 15 is 0 Å². The molecule has 0 heterocycles. The van der Waals surface area contributed by atoms with Crippen LogP contribution in [0.1, 0.15) is 11.1 Å². The van der Waals surface area contributed by atoms with E-state index in [1.807, 2.05) is 0 Å². The first-order chi connectivity index (χ1) is 14.1. The van der Waals surface area contributed by atoms with Crippen molar-refractivity contribution in [3.8, 4) is 11.1 Å². The van der Waals surface area contributed by atoms with Gasteiger partial charge in [0.2, 0.25) is 0 Å². The van der Waals surface area contributed by atoms with Crippen LogP contribution in [-0.2, 0) is 12.1 Å². The van der Waals surface area contributed by atoms with Gasteiger partial charge in [0.1, 0.15) is 0 Å². The molecule has 30 heavy (non-hydrogen) atoms. The van der Waals surface area contributed by atoms with Gasteiger partial charge >= 0.3 is 0 Å². The van der Waals surface area contributed by atoms with Crippen LogP contribution >= 0.6 is 0 Å². The van der Waals surface area contributed by atoms with Gasteiger partial charge in [-0.2, -0.15) is 0 Å². The number of hydrogen-bond acceptors (Lipinski definition) is 0. The molecule has 4 aromatic carbocycles. The Kier molecular flexibility index (Phi) is 5.50. The zero-order valence-electron chi connectivity index (χ0n) is 19.3. The van der Waals surface area contributed by atoms with Gasteiger partial charge in [-0.1, -0.05) is 112 Å². The lowest BCUT2D eigenvalue weighted by Gasteiger charge is -2.25. The number of hydrogen-bond donors (Lipinski definition) is 0. The van der Waals surface area contributed by atoms with E-state index in [2.05, 4.69) is 112 Å². The van der Waals surface area contributed by atoms with Crippen molar-refractivity contribution in [2.75, 3.05) is 0 Å². The van der Waals surface area contributed by atoms with Crippen molar-refractivity contribution in [1.29, 1.82) is 0 Å². The highest BCUT2D eigenvalue weighted by molar-refractivity contribution is 6.76. The Morgan fingerprint density at radius 1 is 0.467 bits per heavy atom. The minimum atomic E-state index is -1.27. The first-order valence-electron chi connectivity index (χ1n) is 11.1. The van der Waals surface area contributed by atoms with Gasteiger partial charge in [-0.3, -0.25) is 0 Å². The molecule has 4 aromatic rings. The maximum Gasteiger partial charge on any atom is 0.0487 e. The highest BCUT2D eigenvalue weighted by Gasteiger charge is 2.23. The summed E-state index contributed by atoms with van der Waals surface area (Å²) < 4.78 is 0. The number of benzene rings is 4. The maximum atomic E-state index is 2.48. The lowest BCUT2D eigenvalue weighted by molar-refractivity contribution is 1.29. The Balaban J connectivity index is 2.13. The zero-order valence-corrected chi connectivity index (χ0v) is 21.3. The van der Waals surface area contributed by atoms with Gasteiger partial charge in [0, 0.05) is 16.1 Å². The van der Waals surface area contributed by atoms with Crippen LogP contribution in [0.15, 0.2) is 72.8 Å². The second-order valence-electron chi connectivity index (χ2n) is 11.1. The van der Waals surface area contributed by atoms with Crippen molar-refractivity contribution in [3.05, 3.63) is 83.9 Å². The fourth-order valence-corrected chi connectivity index (χ4v) is 7.54. The predicted octanol–water partition coefficient (Wildman–Crippen LogP) is 8.50. The Bertz CT molecular complexity index is 1110. The minimum Gasteiger partial charge on any atom is -0.0693 e. The molecule has 0 unspecified atom stereocenters. The summed E-state index contributed by atoms with van der Waals surface area (Å²) >= 11 is 0. The molecule has 0 radical (unpaired) electrons. The Morgan fingerprint density at radius 2 is 0.833 bits per heavy atom. The topological polar surface area (TPSA) is 0 Å². The van der Waals surface area contributed by atoms with E-state index in [-0.39, 0.29) is 0 Å². The van der Waals surface area contributed by atoms with Crippen LogP contribution < -0.4 is 0 Å². The normalized spacial score (nSPS) is 12.6. The molecule has 2 heteroatoms. The summed E-state index contributed by atoms with van der Waals surface area (Å²) in [6.45, 7) is 14.9. The van der Waals surface area contributed by atoms with Crippen LogP contribution in [0.3, 0.4) is 0 Å². The van der Waals surface area contributed by atoms with Gasteiger partial charge < -0.3 is 0 Å². The maximum absolute atomic E-state index is 2.48. The molecule has 0 aromatic heterocycles. The fraction of sp³-hybridized carbons (Fsp3) is 0.286. The van der Waals surface area contributed by atoms with E-state index in [1.54, 1.807) is 0 Å². The van der Waals surface area contributed by atoms with Crippen molar-refractivity contribution in [2.45, 2.75) is 51.4 Å². The number of rotatable bonds is 5. The SMILES string of the molecule is C[Si](C)(C)Cc1ccc2ccccc2c1-c1c(C[Si](C)(C)C)ccc2ccccc12. The standard InChI is InChI=1S/C28H34Si2/c1-29(2,3)19-23-17-15-21-11-7-9-13-25(21)27(23)28-24(20-30(4,5)6)18-16-22-12-8-10-14-26(22)28/h7-18H,19-20H2,1-6H3.